The number of aromatic nitrogens is 2. The minimum atomic E-state index is -0.543. The van der Waals surface area contributed by atoms with Gasteiger partial charge in [0.05, 0.1) is 21.6 Å². The molecule has 0 aliphatic carbocycles. The van der Waals surface area contributed by atoms with Gasteiger partial charge in [-0.25, -0.2) is 4.98 Å². The van der Waals surface area contributed by atoms with Gasteiger partial charge in [-0.15, -0.1) is 0 Å². The largest absolute Gasteiger partial charge is 0.872 e. The molecule has 7 heteroatoms. The molecule has 132 valence electrons. The number of H-pyrrole nitrogens is 1. The molecule has 0 radical (unpaired) electrons. The van der Waals surface area contributed by atoms with Gasteiger partial charge in [0.2, 0.25) is 0 Å². The van der Waals surface area contributed by atoms with Crippen LogP contribution in [0.3, 0.4) is 0 Å². The standard InChI is InChI=1S/C20H14N4O3/c25-19-10-9-14(24(26)27)11-13(19)12-21-16-6-2-1-5-15(16)20-22-17-7-3-4-8-18(17)23-20/h1-12,25H,(H,22,23)/p-1. The number of para-hydroxylation sites is 3. The predicted octanol–water partition coefficient (Wildman–Crippen LogP) is 3.96. The maximum atomic E-state index is 12.0. The number of hydrogen-bond donors (Lipinski definition) is 1. The molecule has 4 rings (SSSR count). The summed E-state index contributed by atoms with van der Waals surface area (Å²) in [6.45, 7) is 0. The SMILES string of the molecule is O=[N+]([O-])c1ccc([O-])c(C=Nc2ccccc2-c2nc3ccccc3[nH]2)c1. The number of imidazole rings is 1. The number of fused-ring (bicyclic) bond motifs is 1. The van der Waals surface area contributed by atoms with Crippen molar-refractivity contribution in [3.63, 3.8) is 0 Å². The van der Waals surface area contributed by atoms with Crippen LogP contribution >= 0.6 is 0 Å². The first-order valence-corrected chi connectivity index (χ1v) is 8.15. The Morgan fingerprint density at radius 3 is 2.63 bits per heavy atom. The Hall–Kier alpha value is -4.00. The first kappa shape index (κ1) is 16.5. The van der Waals surface area contributed by atoms with Gasteiger partial charge in [0, 0.05) is 23.9 Å². The molecular weight excluding hydrogens is 344 g/mol. The first-order valence-electron chi connectivity index (χ1n) is 8.15. The van der Waals surface area contributed by atoms with E-state index in [1.165, 1.54) is 24.4 Å². The number of rotatable bonds is 4. The van der Waals surface area contributed by atoms with Crippen LogP contribution < -0.4 is 5.11 Å². The van der Waals surface area contributed by atoms with Gasteiger partial charge < -0.3 is 10.1 Å². The van der Waals surface area contributed by atoms with E-state index < -0.39 is 4.92 Å². The Morgan fingerprint density at radius 2 is 1.81 bits per heavy atom. The fourth-order valence-electron chi connectivity index (χ4n) is 2.76. The van der Waals surface area contributed by atoms with Gasteiger partial charge in [0.25, 0.3) is 5.69 Å². The van der Waals surface area contributed by atoms with Gasteiger partial charge in [0.15, 0.2) is 0 Å². The first-order chi connectivity index (χ1) is 13.1. The van der Waals surface area contributed by atoms with Crippen molar-refractivity contribution in [3.05, 3.63) is 82.4 Å². The van der Waals surface area contributed by atoms with E-state index in [9.17, 15) is 15.2 Å². The van der Waals surface area contributed by atoms with E-state index in [0.717, 1.165) is 16.6 Å². The molecule has 0 amide bonds. The van der Waals surface area contributed by atoms with E-state index in [1.54, 1.807) is 6.07 Å². The number of nitrogens with one attached hydrogen (secondary N) is 1. The molecule has 1 heterocycles. The average molecular weight is 357 g/mol. The average Bonchev–Trinajstić information content (AvgIpc) is 3.11. The third kappa shape index (κ3) is 3.25. The lowest BCUT2D eigenvalue weighted by atomic mass is 10.1. The van der Waals surface area contributed by atoms with Crippen molar-refractivity contribution >= 4 is 28.6 Å². The highest BCUT2D eigenvalue weighted by molar-refractivity contribution is 5.89. The highest BCUT2D eigenvalue weighted by atomic mass is 16.6. The number of nitro benzene ring substituents is 1. The number of aliphatic imine (C=N–C) groups is 1. The molecule has 4 aromatic rings. The summed E-state index contributed by atoms with van der Waals surface area (Å²) in [4.78, 5) is 22.6. The predicted molar refractivity (Wildman–Crippen MR) is 101 cm³/mol. The lowest BCUT2D eigenvalue weighted by Gasteiger charge is -2.09. The van der Waals surface area contributed by atoms with Gasteiger partial charge in [0.1, 0.15) is 5.82 Å². The summed E-state index contributed by atoms with van der Waals surface area (Å²) in [5.74, 6) is 0.330. The van der Waals surface area contributed by atoms with Crippen molar-refractivity contribution in [2.75, 3.05) is 0 Å². The van der Waals surface area contributed by atoms with Gasteiger partial charge in [-0.1, -0.05) is 36.1 Å². The van der Waals surface area contributed by atoms with Crippen LogP contribution in [0.15, 0.2) is 71.7 Å². The lowest BCUT2D eigenvalue weighted by molar-refractivity contribution is -0.385. The monoisotopic (exact) mass is 357 g/mol. The summed E-state index contributed by atoms with van der Waals surface area (Å²) >= 11 is 0. The van der Waals surface area contributed by atoms with Crippen LogP contribution in [-0.2, 0) is 0 Å². The van der Waals surface area contributed by atoms with E-state index >= 15 is 0 Å². The van der Waals surface area contributed by atoms with Crippen LogP contribution in [0.5, 0.6) is 5.75 Å². The molecule has 0 unspecified atom stereocenters. The fraction of sp³-hybridized carbons (Fsp3) is 0. The summed E-state index contributed by atoms with van der Waals surface area (Å²) < 4.78 is 0. The van der Waals surface area contributed by atoms with Crippen LogP contribution in [0, 0.1) is 10.1 Å². The molecule has 0 fully saturated rings. The number of benzene rings is 3. The van der Waals surface area contributed by atoms with Crippen molar-refractivity contribution in [2.45, 2.75) is 0 Å². The van der Waals surface area contributed by atoms with Crippen molar-refractivity contribution in [1.29, 1.82) is 0 Å². The molecule has 27 heavy (non-hydrogen) atoms. The van der Waals surface area contributed by atoms with Crippen molar-refractivity contribution < 1.29 is 10.0 Å². The quantitative estimate of drug-likeness (QED) is 0.339. The minimum Gasteiger partial charge on any atom is -0.872 e. The van der Waals surface area contributed by atoms with Crippen LogP contribution in [-0.4, -0.2) is 21.1 Å². The van der Waals surface area contributed by atoms with Crippen LogP contribution in [0.4, 0.5) is 11.4 Å². The molecular formula is C20H13N4O3-. The number of nitrogens with zero attached hydrogens (tertiary/aromatic N) is 3. The molecule has 0 saturated heterocycles. The van der Waals surface area contributed by atoms with E-state index in [4.69, 9.17) is 0 Å². The van der Waals surface area contributed by atoms with Gasteiger partial charge in [-0.2, -0.15) is 0 Å². The number of aromatic amines is 1. The highest BCUT2D eigenvalue weighted by Crippen LogP contribution is 2.30. The van der Waals surface area contributed by atoms with Gasteiger partial charge in [-0.05, 0) is 29.8 Å². The van der Waals surface area contributed by atoms with Crippen molar-refractivity contribution in [1.82, 2.24) is 9.97 Å². The van der Waals surface area contributed by atoms with E-state index in [2.05, 4.69) is 15.0 Å². The summed E-state index contributed by atoms with van der Waals surface area (Å²) in [7, 11) is 0. The molecule has 1 aromatic heterocycles. The number of hydrogen-bond acceptors (Lipinski definition) is 5. The zero-order chi connectivity index (χ0) is 18.8. The Morgan fingerprint density at radius 1 is 1.04 bits per heavy atom. The summed E-state index contributed by atoms with van der Waals surface area (Å²) in [6, 6.07) is 18.6. The van der Waals surface area contributed by atoms with Crippen LogP contribution in [0.1, 0.15) is 5.56 Å². The van der Waals surface area contributed by atoms with E-state index in [1.807, 2.05) is 42.5 Å². The van der Waals surface area contributed by atoms with Crippen LogP contribution in [0.25, 0.3) is 22.4 Å². The lowest BCUT2D eigenvalue weighted by Crippen LogP contribution is -1.98. The molecule has 1 N–H and O–H groups in total. The fourth-order valence-corrected chi connectivity index (χ4v) is 2.76. The van der Waals surface area contributed by atoms with Crippen molar-refractivity contribution in [2.24, 2.45) is 4.99 Å². The second kappa shape index (κ2) is 6.72. The topological polar surface area (TPSA) is 107 Å². The Bertz CT molecular complexity index is 1150. The van der Waals surface area contributed by atoms with Crippen LogP contribution in [0.2, 0.25) is 0 Å². The molecule has 0 saturated carbocycles. The molecule has 0 aliphatic heterocycles. The third-order valence-corrected chi connectivity index (χ3v) is 4.10. The zero-order valence-corrected chi connectivity index (χ0v) is 14.0. The molecule has 0 bridgehead atoms. The molecule has 0 atom stereocenters. The van der Waals surface area contributed by atoms with E-state index in [-0.39, 0.29) is 17.0 Å². The molecule has 3 aromatic carbocycles. The summed E-state index contributed by atoms with van der Waals surface area (Å²) in [6.07, 6.45) is 1.34. The summed E-state index contributed by atoms with van der Waals surface area (Å²) in [5.41, 5.74) is 3.12. The Balaban J connectivity index is 1.75. The molecule has 0 aliphatic rings. The molecule has 7 nitrogen and oxygen atoms in total. The second-order valence-corrected chi connectivity index (χ2v) is 5.86. The molecule has 0 spiro atoms. The normalized spacial score (nSPS) is 11.3. The van der Waals surface area contributed by atoms with Gasteiger partial charge in [-0.3, -0.25) is 15.1 Å². The Kier molecular flexibility index (Phi) is 4.10. The second-order valence-electron chi connectivity index (χ2n) is 5.86. The highest BCUT2D eigenvalue weighted by Gasteiger charge is 2.09. The smallest absolute Gasteiger partial charge is 0.270 e. The minimum absolute atomic E-state index is 0.151. The third-order valence-electron chi connectivity index (χ3n) is 4.10. The number of nitro groups is 1. The van der Waals surface area contributed by atoms with E-state index in [0.29, 0.717) is 11.5 Å². The Labute approximate surface area is 153 Å². The maximum absolute atomic E-state index is 12.0. The zero-order valence-electron chi connectivity index (χ0n) is 14.0. The van der Waals surface area contributed by atoms with Gasteiger partial charge >= 0.3 is 0 Å². The number of non-ortho nitro benzene ring substituents is 1. The summed E-state index contributed by atoms with van der Waals surface area (Å²) in [5, 5.41) is 22.9. The maximum Gasteiger partial charge on any atom is 0.270 e. The van der Waals surface area contributed by atoms with Crippen molar-refractivity contribution in [3.8, 4) is 17.1 Å².